The Bertz CT molecular complexity index is 979. The number of ether oxygens (including phenoxy) is 1. The van der Waals surface area contributed by atoms with E-state index in [4.69, 9.17) is 26.5 Å². The minimum atomic E-state index is -2.16. The maximum Gasteiger partial charge on any atom is 0.223 e. The number of imidazole rings is 1. The Labute approximate surface area is 170 Å². The van der Waals surface area contributed by atoms with Crippen LogP contribution in [0.1, 0.15) is 20.8 Å². The number of hydrogen-bond donors (Lipinski definition) is 2. The zero-order valence-electron chi connectivity index (χ0n) is 16.9. The minimum Gasteiger partial charge on any atom is -0.507 e. The third-order valence-corrected chi connectivity index (χ3v) is 10.2. The van der Waals surface area contributed by atoms with Crippen LogP contribution < -0.4 is 5.73 Å². The Hall–Kier alpha value is -1.94. The van der Waals surface area contributed by atoms with Crippen molar-refractivity contribution in [1.29, 1.82) is 0 Å². The highest BCUT2D eigenvalue weighted by Gasteiger charge is 2.47. The summed E-state index contributed by atoms with van der Waals surface area (Å²) in [6.07, 6.45) is 0.305. The number of nitrogens with zero attached hydrogens (tertiary/aromatic N) is 4. The fourth-order valence-corrected chi connectivity index (χ4v) is 4.42. The number of nitrogen functional groups attached to an aromatic ring is 1. The first-order valence-corrected chi connectivity index (χ1v) is 12.2. The molecule has 1 aliphatic carbocycles. The number of hydrogen-bond acceptors (Lipinski definition) is 7. The molecule has 2 atom stereocenters. The quantitative estimate of drug-likeness (QED) is 0.569. The standard InChI is InChI=1S/C18H26ClN5O3Si/c1-9-11(24-8-21-10-15(19)22-17(20)23-16(10)24)12(25)14(26-5)13(9)27-28(6,7)18(2,3)4/h8,13-14,25H,1H2,2-7H3,(H2,20,22,23)/t13-,14+/m1/s1. The second-order valence-electron chi connectivity index (χ2n) is 8.37. The van der Waals surface area contributed by atoms with Crippen LogP contribution in [-0.2, 0) is 9.16 Å². The Morgan fingerprint density at radius 1 is 1.29 bits per heavy atom. The maximum atomic E-state index is 10.9. The average molecular weight is 424 g/mol. The smallest absolute Gasteiger partial charge is 0.223 e. The first kappa shape index (κ1) is 20.8. The molecule has 0 saturated carbocycles. The van der Waals surface area contributed by atoms with Crippen LogP contribution in [-0.4, -0.2) is 52.3 Å². The normalized spacial score (nSPS) is 21.2. The van der Waals surface area contributed by atoms with Crippen LogP contribution in [0.2, 0.25) is 23.3 Å². The Balaban J connectivity index is 2.08. The monoisotopic (exact) mass is 423 g/mol. The van der Waals surface area contributed by atoms with Crippen molar-refractivity contribution in [3.63, 3.8) is 0 Å². The van der Waals surface area contributed by atoms with E-state index >= 15 is 0 Å². The molecule has 0 spiro atoms. The van der Waals surface area contributed by atoms with Crippen LogP contribution in [0.3, 0.4) is 0 Å². The van der Waals surface area contributed by atoms with Gasteiger partial charge in [0.1, 0.15) is 29.8 Å². The molecule has 152 valence electrons. The first-order chi connectivity index (χ1) is 12.9. The van der Waals surface area contributed by atoms with Crippen molar-refractivity contribution < 1.29 is 14.3 Å². The van der Waals surface area contributed by atoms with Crippen molar-refractivity contribution in [2.24, 2.45) is 0 Å². The largest absolute Gasteiger partial charge is 0.507 e. The van der Waals surface area contributed by atoms with Crippen molar-refractivity contribution in [2.45, 2.75) is 51.1 Å². The lowest BCUT2D eigenvalue weighted by atomic mass is 10.2. The number of rotatable bonds is 4. The van der Waals surface area contributed by atoms with E-state index in [1.165, 1.54) is 13.4 Å². The first-order valence-electron chi connectivity index (χ1n) is 8.88. The third kappa shape index (κ3) is 3.22. The summed E-state index contributed by atoms with van der Waals surface area (Å²) < 4.78 is 13.7. The number of aromatic nitrogens is 4. The van der Waals surface area contributed by atoms with Gasteiger partial charge in [-0.05, 0) is 18.1 Å². The Morgan fingerprint density at radius 2 is 1.93 bits per heavy atom. The van der Waals surface area contributed by atoms with Crippen LogP contribution in [0, 0.1) is 0 Å². The van der Waals surface area contributed by atoms with Gasteiger partial charge < -0.3 is 20.0 Å². The molecule has 0 fully saturated rings. The fraction of sp³-hybridized carbons (Fsp3) is 0.500. The van der Waals surface area contributed by atoms with Crippen molar-refractivity contribution in [2.75, 3.05) is 12.8 Å². The highest BCUT2D eigenvalue weighted by molar-refractivity contribution is 6.74. The predicted octanol–water partition coefficient (Wildman–Crippen LogP) is 3.76. The van der Waals surface area contributed by atoms with Crippen LogP contribution in [0.5, 0.6) is 0 Å². The lowest BCUT2D eigenvalue weighted by Gasteiger charge is -2.39. The number of fused-ring (bicyclic) bond motifs is 1. The lowest BCUT2D eigenvalue weighted by Crippen LogP contribution is -2.47. The molecule has 2 aromatic heterocycles. The second kappa shape index (κ2) is 6.84. The highest BCUT2D eigenvalue weighted by atomic mass is 35.5. The molecule has 2 aromatic rings. The van der Waals surface area contributed by atoms with Gasteiger partial charge >= 0.3 is 0 Å². The zero-order valence-corrected chi connectivity index (χ0v) is 18.7. The summed E-state index contributed by atoms with van der Waals surface area (Å²) in [4.78, 5) is 12.4. The van der Waals surface area contributed by atoms with Crippen molar-refractivity contribution in [3.8, 4) is 0 Å². The summed E-state index contributed by atoms with van der Waals surface area (Å²) in [5, 5.41) is 11.1. The molecule has 0 radical (unpaired) electrons. The molecule has 8 nitrogen and oxygen atoms in total. The van der Waals surface area contributed by atoms with Crippen molar-refractivity contribution in [3.05, 3.63) is 29.4 Å². The number of halogens is 1. The average Bonchev–Trinajstić information content (AvgIpc) is 3.06. The number of aliphatic hydroxyl groups is 1. The third-order valence-electron chi connectivity index (χ3n) is 5.53. The van der Waals surface area contributed by atoms with E-state index in [0.717, 1.165) is 0 Å². The van der Waals surface area contributed by atoms with Crippen LogP contribution in [0.25, 0.3) is 16.9 Å². The summed E-state index contributed by atoms with van der Waals surface area (Å²) in [5.41, 5.74) is 7.51. The van der Waals surface area contributed by atoms with Gasteiger partial charge in [0.25, 0.3) is 0 Å². The van der Waals surface area contributed by atoms with Gasteiger partial charge in [0, 0.05) is 12.7 Å². The molecular weight excluding hydrogens is 398 g/mol. The SMILES string of the molecule is C=C1C(n2cnc3c(Cl)nc(N)nc32)=C(O)[C@H](OC)[C@@H]1O[Si](C)(C)C(C)(C)C. The van der Waals surface area contributed by atoms with Gasteiger partial charge in [0.05, 0.1) is 5.70 Å². The van der Waals surface area contributed by atoms with Gasteiger partial charge in [-0.2, -0.15) is 9.97 Å². The molecule has 1 aliphatic rings. The molecule has 0 bridgehead atoms. The molecule has 10 heteroatoms. The molecular formula is C18H26ClN5O3Si. The van der Waals surface area contributed by atoms with Gasteiger partial charge in [-0.3, -0.25) is 4.57 Å². The number of nitrogens with two attached hydrogens (primary N) is 1. The second-order valence-corrected chi connectivity index (χ2v) is 13.5. The van der Waals surface area contributed by atoms with Crippen LogP contribution >= 0.6 is 11.6 Å². The summed E-state index contributed by atoms with van der Waals surface area (Å²) in [5.74, 6) is 0.0177. The number of aliphatic hydroxyl groups excluding tert-OH is 1. The minimum absolute atomic E-state index is 0.00353. The zero-order chi connectivity index (χ0) is 21.0. The molecule has 0 aliphatic heterocycles. The van der Waals surface area contributed by atoms with E-state index in [2.05, 4.69) is 55.4 Å². The van der Waals surface area contributed by atoms with Gasteiger partial charge in [0.15, 0.2) is 19.1 Å². The lowest BCUT2D eigenvalue weighted by molar-refractivity contribution is 0.0224. The Morgan fingerprint density at radius 3 is 2.50 bits per heavy atom. The topological polar surface area (TPSA) is 108 Å². The summed E-state index contributed by atoms with van der Waals surface area (Å²) in [6.45, 7) is 14.9. The summed E-state index contributed by atoms with van der Waals surface area (Å²) >= 11 is 6.13. The molecule has 0 aromatic carbocycles. The van der Waals surface area contributed by atoms with Gasteiger partial charge in [0.2, 0.25) is 5.95 Å². The van der Waals surface area contributed by atoms with E-state index < -0.39 is 20.5 Å². The molecule has 0 unspecified atom stereocenters. The number of anilines is 1. The summed E-state index contributed by atoms with van der Waals surface area (Å²) in [6, 6.07) is 0. The van der Waals surface area contributed by atoms with Gasteiger partial charge in [-0.25, -0.2) is 4.98 Å². The van der Waals surface area contributed by atoms with Crippen molar-refractivity contribution >= 4 is 42.7 Å². The predicted molar refractivity (Wildman–Crippen MR) is 113 cm³/mol. The maximum absolute atomic E-state index is 10.9. The van der Waals surface area contributed by atoms with E-state index in [-0.39, 0.29) is 21.9 Å². The van der Waals surface area contributed by atoms with Gasteiger partial charge in [-0.15, -0.1) is 0 Å². The van der Waals surface area contributed by atoms with Crippen LogP contribution in [0.4, 0.5) is 5.95 Å². The van der Waals surface area contributed by atoms with E-state index in [1.54, 1.807) is 4.57 Å². The molecule has 3 N–H and O–H groups in total. The molecule has 3 rings (SSSR count). The summed E-state index contributed by atoms with van der Waals surface area (Å²) in [7, 11) is -0.626. The number of methoxy groups -OCH3 is 1. The highest BCUT2D eigenvalue weighted by Crippen LogP contribution is 2.44. The van der Waals surface area contributed by atoms with Crippen LogP contribution in [0.15, 0.2) is 24.2 Å². The van der Waals surface area contributed by atoms with Gasteiger partial charge in [-0.1, -0.05) is 39.0 Å². The van der Waals surface area contributed by atoms with E-state index in [0.29, 0.717) is 22.4 Å². The van der Waals surface area contributed by atoms with E-state index in [1.807, 2.05) is 0 Å². The molecule has 2 heterocycles. The molecule has 0 amide bonds. The fourth-order valence-electron chi connectivity index (χ4n) is 2.95. The molecule has 0 saturated heterocycles. The Kier molecular flexibility index (Phi) is 5.07. The van der Waals surface area contributed by atoms with Crippen molar-refractivity contribution in [1.82, 2.24) is 19.5 Å². The van der Waals surface area contributed by atoms with E-state index in [9.17, 15) is 5.11 Å². The molecule has 28 heavy (non-hydrogen) atoms.